The predicted molar refractivity (Wildman–Crippen MR) is 66.0 cm³/mol. The summed E-state index contributed by atoms with van der Waals surface area (Å²) in [6, 6.07) is 4.10. The largest absolute Gasteiger partial charge is 0.340 e. The molecule has 2 unspecified atom stereocenters. The van der Waals surface area contributed by atoms with Crippen LogP contribution >= 0.6 is 11.3 Å². The summed E-state index contributed by atoms with van der Waals surface area (Å²) in [5.74, 6) is 0.137. The smallest absolute Gasteiger partial charge is 0.229 e. The first-order valence-electron chi connectivity index (χ1n) is 5.38. The lowest BCUT2D eigenvalue weighted by atomic mass is 10.1. The van der Waals surface area contributed by atoms with Gasteiger partial charge in [-0.3, -0.25) is 4.79 Å². The quantitative estimate of drug-likeness (QED) is 0.810. The second-order valence-electron chi connectivity index (χ2n) is 4.16. The number of amides is 1. The fraction of sp³-hybridized carbons (Fsp3) is 0.417. The Hall–Kier alpha value is -1.13. The van der Waals surface area contributed by atoms with Gasteiger partial charge in [0.25, 0.3) is 0 Å². The summed E-state index contributed by atoms with van der Waals surface area (Å²) in [6.45, 7) is 0.691. The Morgan fingerprint density at radius 2 is 2.44 bits per heavy atom. The fourth-order valence-electron chi connectivity index (χ4n) is 1.91. The van der Waals surface area contributed by atoms with E-state index in [9.17, 15) is 4.79 Å². The number of carbonyl (C=O) groups excluding carboxylic acids is 1. The topological polar surface area (TPSA) is 46.3 Å². The summed E-state index contributed by atoms with van der Waals surface area (Å²) in [6.07, 6.45) is 4.59. The molecule has 1 aliphatic carbocycles. The predicted octanol–water partition coefficient (Wildman–Crippen LogP) is 1.61. The number of thiophene rings is 1. The molecule has 2 rings (SSSR count). The number of nitrogens with two attached hydrogens (primary N) is 1. The molecule has 0 radical (unpaired) electrons. The van der Waals surface area contributed by atoms with E-state index in [4.69, 9.17) is 5.73 Å². The van der Waals surface area contributed by atoms with Crippen molar-refractivity contribution in [1.82, 2.24) is 4.90 Å². The molecule has 0 fully saturated rings. The molecule has 0 saturated carbocycles. The highest BCUT2D eigenvalue weighted by atomic mass is 32.1. The van der Waals surface area contributed by atoms with Crippen LogP contribution in [0.15, 0.2) is 29.7 Å². The third kappa shape index (κ3) is 2.51. The summed E-state index contributed by atoms with van der Waals surface area (Å²) in [5, 5.41) is 2.03. The Balaban J connectivity index is 1.92. The minimum Gasteiger partial charge on any atom is -0.340 e. The average Bonchev–Trinajstić information content (AvgIpc) is 2.88. The van der Waals surface area contributed by atoms with E-state index in [2.05, 4.69) is 0 Å². The molecule has 1 amide bonds. The van der Waals surface area contributed by atoms with Crippen LogP contribution in [0.5, 0.6) is 0 Å². The van der Waals surface area contributed by atoms with Crippen molar-refractivity contribution in [1.29, 1.82) is 0 Å². The average molecular weight is 236 g/mol. The summed E-state index contributed by atoms with van der Waals surface area (Å²) in [5.41, 5.74) is 5.74. The van der Waals surface area contributed by atoms with E-state index < -0.39 is 0 Å². The molecule has 0 aromatic carbocycles. The number of hydrogen-bond acceptors (Lipinski definition) is 3. The molecule has 0 spiro atoms. The van der Waals surface area contributed by atoms with E-state index in [0.29, 0.717) is 6.54 Å². The molecule has 16 heavy (non-hydrogen) atoms. The second-order valence-corrected chi connectivity index (χ2v) is 5.20. The van der Waals surface area contributed by atoms with E-state index in [-0.39, 0.29) is 17.9 Å². The molecular formula is C12H16N2OS. The van der Waals surface area contributed by atoms with Crippen LogP contribution < -0.4 is 5.73 Å². The molecular weight excluding hydrogens is 220 g/mol. The third-order valence-electron chi connectivity index (χ3n) is 2.78. The van der Waals surface area contributed by atoms with Crippen molar-refractivity contribution in [2.45, 2.75) is 19.0 Å². The van der Waals surface area contributed by atoms with Crippen molar-refractivity contribution >= 4 is 17.2 Å². The van der Waals surface area contributed by atoms with Crippen molar-refractivity contribution in [3.63, 3.8) is 0 Å². The van der Waals surface area contributed by atoms with Crippen molar-refractivity contribution in [3.05, 3.63) is 34.5 Å². The number of hydrogen-bond donors (Lipinski definition) is 1. The van der Waals surface area contributed by atoms with E-state index in [0.717, 1.165) is 6.42 Å². The lowest BCUT2D eigenvalue weighted by molar-refractivity contribution is -0.133. The summed E-state index contributed by atoms with van der Waals surface area (Å²) < 4.78 is 0. The molecule has 1 aromatic heterocycles. The zero-order chi connectivity index (χ0) is 11.5. The maximum atomic E-state index is 12.0. The van der Waals surface area contributed by atoms with Crippen LogP contribution in [0.3, 0.4) is 0 Å². The maximum absolute atomic E-state index is 12.0. The van der Waals surface area contributed by atoms with Gasteiger partial charge in [0.1, 0.15) is 0 Å². The third-order valence-corrected chi connectivity index (χ3v) is 3.64. The van der Waals surface area contributed by atoms with Gasteiger partial charge < -0.3 is 10.6 Å². The highest BCUT2D eigenvalue weighted by Gasteiger charge is 2.25. The Bertz CT molecular complexity index is 386. The van der Waals surface area contributed by atoms with Gasteiger partial charge in [-0.15, -0.1) is 11.3 Å². The first kappa shape index (κ1) is 11.4. The van der Waals surface area contributed by atoms with Crippen LogP contribution in [0.2, 0.25) is 0 Å². The van der Waals surface area contributed by atoms with Gasteiger partial charge in [-0.05, 0) is 17.9 Å². The number of nitrogens with zero attached hydrogens (tertiary/aromatic N) is 1. The molecule has 0 aliphatic heterocycles. The molecule has 0 bridgehead atoms. The molecule has 1 heterocycles. The van der Waals surface area contributed by atoms with E-state index in [1.807, 2.05) is 36.7 Å². The number of carbonyl (C=O) groups is 1. The van der Waals surface area contributed by atoms with Crippen LogP contribution in [0.1, 0.15) is 11.3 Å². The molecule has 1 aliphatic rings. The molecule has 2 atom stereocenters. The monoisotopic (exact) mass is 236 g/mol. The van der Waals surface area contributed by atoms with E-state index >= 15 is 0 Å². The first-order valence-corrected chi connectivity index (χ1v) is 6.26. The highest BCUT2D eigenvalue weighted by molar-refractivity contribution is 7.09. The van der Waals surface area contributed by atoms with Crippen molar-refractivity contribution in [3.8, 4) is 0 Å². The lowest BCUT2D eigenvalue weighted by Gasteiger charge is -2.19. The SMILES string of the molecule is CN(Cc1cccs1)C(=O)C1C=CC(N)C1. The van der Waals surface area contributed by atoms with Gasteiger partial charge in [0.15, 0.2) is 0 Å². The van der Waals surface area contributed by atoms with Crippen molar-refractivity contribution in [2.75, 3.05) is 7.05 Å². The van der Waals surface area contributed by atoms with Crippen LogP contribution in [0.25, 0.3) is 0 Å². The Labute approximate surface area is 99.6 Å². The van der Waals surface area contributed by atoms with E-state index in [1.54, 1.807) is 16.2 Å². The minimum absolute atomic E-state index is 0.0278. The van der Waals surface area contributed by atoms with Crippen LogP contribution in [-0.2, 0) is 11.3 Å². The van der Waals surface area contributed by atoms with Crippen molar-refractivity contribution < 1.29 is 4.79 Å². The van der Waals surface area contributed by atoms with Crippen LogP contribution in [-0.4, -0.2) is 23.9 Å². The summed E-state index contributed by atoms with van der Waals surface area (Å²) in [4.78, 5) is 15.0. The Morgan fingerprint density at radius 3 is 3.00 bits per heavy atom. The Morgan fingerprint density at radius 1 is 1.62 bits per heavy atom. The zero-order valence-electron chi connectivity index (χ0n) is 9.30. The van der Waals surface area contributed by atoms with Gasteiger partial charge in [0, 0.05) is 18.0 Å². The molecule has 86 valence electrons. The fourth-order valence-corrected chi connectivity index (χ4v) is 2.66. The molecule has 2 N–H and O–H groups in total. The summed E-state index contributed by atoms with van der Waals surface area (Å²) >= 11 is 1.68. The lowest BCUT2D eigenvalue weighted by Crippen LogP contribution is -2.32. The highest BCUT2D eigenvalue weighted by Crippen LogP contribution is 2.20. The normalized spacial score (nSPS) is 23.6. The zero-order valence-corrected chi connectivity index (χ0v) is 10.1. The number of rotatable bonds is 3. The van der Waals surface area contributed by atoms with Gasteiger partial charge in [0.05, 0.1) is 12.5 Å². The van der Waals surface area contributed by atoms with Gasteiger partial charge in [0.2, 0.25) is 5.91 Å². The van der Waals surface area contributed by atoms with Gasteiger partial charge in [-0.25, -0.2) is 0 Å². The maximum Gasteiger partial charge on any atom is 0.229 e. The van der Waals surface area contributed by atoms with Gasteiger partial charge in [-0.2, -0.15) is 0 Å². The molecule has 1 aromatic rings. The van der Waals surface area contributed by atoms with E-state index in [1.165, 1.54) is 4.88 Å². The van der Waals surface area contributed by atoms with Gasteiger partial charge in [-0.1, -0.05) is 18.2 Å². The first-order chi connectivity index (χ1) is 7.66. The second kappa shape index (κ2) is 4.80. The molecule has 4 heteroatoms. The standard InChI is InChI=1S/C12H16N2OS/c1-14(8-11-3-2-6-16-11)12(15)9-4-5-10(13)7-9/h2-6,9-10H,7-8,13H2,1H3. The van der Waals surface area contributed by atoms with Crippen LogP contribution in [0, 0.1) is 5.92 Å². The summed E-state index contributed by atoms with van der Waals surface area (Å²) in [7, 11) is 1.85. The van der Waals surface area contributed by atoms with Crippen LogP contribution in [0.4, 0.5) is 0 Å². The molecule has 3 nitrogen and oxygen atoms in total. The molecule has 0 saturated heterocycles. The minimum atomic E-state index is -0.0278. The van der Waals surface area contributed by atoms with Gasteiger partial charge >= 0.3 is 0 Å². The van der Waals surface area contributed by atoms with Crippen molar-refractivity contribution in [2.24, 2.45) is 11.7 Å². The Kier molecular flexibility index (Phi) is 3.41.